The predicted octanol–water partition coefficient (Wildman–Crippen LogP) is 4.63. The van der Waals surface area contributed by atoms with Gasteiger partial charge in [0.05, 0.1) is 32.6 Å². The van der Waals surface area contributed by atoms with E-state index in [1.807, 2.05) is 6.07 Å². The van der Waals surface area contributed by atoms with Gasteiger partial charge < -0.3 is 19.5 Å². The average Bonchev–Trinajstić information content (AvgIpc) is 2.90. The molecule has 3 aromatic carbocycles. The molecule has 0 atom stereocenters. The summed E-state index contributed by atoms with van der Waals surface area (Å²) >= 11 is 0. The molecule has 0 bridgehead atoms. The number of aromatic nitrogens is 2. The molecular formula is C27H24FN3O5. The second kappa shape index (κ2) is 10.3. The molecule has 0 aliphatic carbocycles. The number of halogens is 1. The first-order chi connectivity index (χ1) is 17.4. The molecular weight excluding hydrogens is 465 g/mol. The highest BCUT2D eigenvalue weighted by Gasteiger charge is 2.23. The number of amides is 1. The van der Waals surface area contributed by atoms with Crippen molar-refractivity contribution in [1.29, 1.82) is 0 Å². The van der Waals surface area contributed by atoms with Gasteiger partial charge in [0.1, 0.15) is 17.3 Å². The van der Waals surface area contributed by atoms with Gasteiger partial charge in [-0.2, -0.15) is 5.10 Å². The van der Waals surface area contributed by atoms with Crippen LogP contribution in [0.3, 0.4) is 0 Å². The quantitative estimate of drug-likeness (QED) is 0.407. The molecule has 4 aromatic rings. The summed E-state index contributed by atoms with van der Waals surface area (Å²) in [6.07, 6.45) is 0. The number of nitrogens with zero attached hydrogens (tertiary/aromatic N) is 2. The van der Waals surface area contributed by atoms with Gasteiger partial charge in [-0.1, -0.05) is 30.3 Å². The zero-order valence-corrected chi connectivity index (χ0v) is 20.2. The Hall–Kier alpha value is -4.66. The summed E-state index contributed by atoms with van der Waals surface area (Å²) in [5.74, 6) is 0.0746. The van der Waals surface area contributed by atoms with Gasteiger partial charge in [-0.3, -0.25) is 9.59 Å². The fraction of sp³-hybridized carbons (Fsp3) is 0.148. The number of carbonyl (C=O) groups excluding carboxylic acids is 1. The maximum Gasteiger partial charge on any atom is 0.257 e. The average molecular weight is 490 g/mol. The van der Waals surface area contributed by atoms with Crippen LogP contribution in [0.5, 0.6) is 17.2 Å². The van der Waals surface area contributed by atoms with Crippen molar-refractivity contribution in [2.45, 2.75) is 6.92 Å². The monoisotopic (exact) mass is 489 g/mol. The molecule has 184 valence electrons. The summed E-state index contributed by atoms with van der Waals surface area (Å²) in [6.45, 7) is 1.58. The number of methoxy groups -OCH3 is 3. The van der Waals surface area contributed by atoms with Crippen molar-refractivity contribution in [2.24, 2.45) is 0 Å². The normalized spacial score (nSPS) is 10.6. The van der Waals surface area contributed by atoms with Gasteiger partial charge in [0.15, 0.2) is 11.5 Å². The van der Waals surface area contributed by atoms with Crippen LogP contribution < -0.4 is 25.0 Å². The van der Waals surface area contributed by atoms with E-state index < -0.39 is 11.7 Å². The van der Waals surface area contributed by atoms with E-state index in [0.29, 0.717) is 28.5 Å². The summed E-state index contributed by atoms with van der Waals surface area (Å²) in [7, 11) is 4.36. The molecule has 1 heterocycles. The van der Waals surface area contributed by atoms with Crippen molar-refractivity contribution in [1.82, 2.24) is 9.78 Å². The van der Waals surface area contributed by atoms with Crippen molar-refractivity contribution in [3.63, 3.8) is 0 Å². The van der Waals surface area contributed by atoms with Crippen molar-refractivity contribution in [2.75, 3.05) is 26.6 Å². The van der Waals surface area contributed by atoms with E-state index in [4.69, 9.17) is 14.2 Å². The van der Waals surface area contributed by atoms with Crippen LogP contribution >= 0.6 is 0 Å². The fourth-order valence-corrected chi connectivity index (χ4v) is 3.79. The van der Waals surface area contributed by atoms with E-state index in [1.165, 1.54) is 62.4 Å². The SMILES string of the molecule is COc1cc(C(=O)Nc2c(-c3ccccc3)c(=O)c(C)nn2-c2ccc(F)cc2)cc(OC)c1OC. The number of hydrogen-bond donors (Lipinski definition) is 1. The Bertz CT molecular complexity index is 1440. The number of anilines is 1. The molecule has 0 unspecified atom stereocenters. The first kappa shape index (κ1) is 24.5. The summed E-state index contributed by atoms with van der Waals surface area (Å²) in [4.78, 5) is 26.8. The van der Waals surface area contributed by atoms with E-state index in [2.05, 4.69) is 10.4 Å². The van der Waals surface area contributed by atoms with Crippen molar-refractivity contribution < 1.29 is 23.4 Å². The van der Waals surface area contributed by atoms with Gasteiger partial charge in [0.2, 0.25) is 11.2 Å². The second-order valence-electron chi connectivity index (χ2n) is 7.76. The third kappa shape index (κ3) is 4.63. The van der Waals surface area contributed by atoms with E-state index in [0.717, 1.165) is 0 Å². The molecule has 0 saturated heterocycles. The number of benzene rings is 3. The first-order valence-electron chi connectivity index (χ1n) is 10.9. The van der Waals surface area contributed by atoms with E-state index in [9.17, 15) is 14.0 Å². The molecule has 1 amide bonds. The lowest BCUT2D eigenvalue weighted by Crippen LogP contribution is -2.25. The van der Waals surface area contributed by atoms with E-state index >= 15 is 0 Å². The third-order valence-electron chi connectivity index (χ3n) is 5.55. The number of nitrogens with one attached hydrogen (secondary N) is 1. The molecule has 1 aromatic heterocycles. The lowest BCUT2D eigenvalue weighted by molar-refractivity contribution is 0.102. The van der Waals surface area contributed by atoms with Crippen LogP contribution in [-0.2, 0) is 0 Å². The van der Waals surface area contributed by atoms with Gasteiger partial charge in [-0.15, -0.1) is 0 Å². The Labute approximate surface area is 206 Å². The molecule has 8 nitrogen and oxygen atoms in total. The number of ether oxygens (including phenoxy) is 3. The summed E-state index contributed by atoms with van der Waals surface area (Å²) < 4.78 is 31.1. The maximum absolute atomic E-state index is 13.6. The van der Waals surface area contributed by atoms with Gasteiger partial charge in [0.25, 0.3) is 5.91 Å². The van der Waals surface area contributed by atoms with Crippen molar-refractivity contribution >= 4 is 11.7 Å². The van der Waals surface area contributed by atoms with E-state index in [-0.39, 0.29) is 28.1 Å². The van der Waals surface area contributed by atoms with Crippen molar-refractivity contribution in [3.8, 4) is 34.1 Å². The van der Waals surface area contributed by atoms with Crippen LogP contribution in [-0.4, -0.2) is 37.0 Å². The highest BCUT2D eigenvalue weighted by Crippen LogP contribution is 2.38. The number of carbonyl (C=O) groups is 1. The maximum atomic E-state index is 13.6. The van der Waals surface area contributed by atoms with Crippen LogP contribution in [0.2, 0.25) is 0 Å². The van der Waals surface area contributed by atoms with E-state index in [1.54, 1.807) is 31.2 Å². The van der Waals surface area contributed by atoms with Crippen LogP contribution in [0.1, 0.15) is 16.1 Å². The van der Waals surface area contributed by atoms with Crippen LogP contribution in [0, 0.1) is 12.7 Å². The summed E-state index contributed by atoms with van der Waals surface area (Å²) in [5, 5.41) is 7.23. The van der Waals surface area contributed by atoms with Crippen LogP contribution in [0.4, 0.5) is 10.2 Å². The smallest absolute Gasteiger partial charge is 0.257 e. The van der Waals surface area contributed by atoms with Crippen molar-refractivity contribution in [3.05, 3.63) is 94.0 Å². The Morgan fingerprint density at radius 2 is 1.53 bits per heavy atom. The Balaban J connectivity index is 1.93. The van der Waals surface area contributed by atoms with Gasteiger partial charge in [0, 0.05) is 5.56 Å². The number of rotatable bonds is 7. The molecule has 0 aliphatic heterocycles. The fourth-order valence-electron chi connectivity index (χ4n) is 3.79. The molecule has 4 rings (SSSR count). The topological polar surface area (TPSA) is 91.7 Å². The lowest BCUT2D eigenvalue weighted by Gasteiger charge is -2.19. The molecule has 1 N–H and O–H groups in total. The molecule has 36 heavy (non-hydrogen) atoms. The molecule has 0 radical (unpaired) electrons. The largest absolute Gasteiger partial charge is 0.493 e. The minimum absolute atomic E-state index is 0.127. The molecule has 0 fully saturated rings. The van der Waals surface area contributed by atoms with Crippen LogP contribution in [0.25, 0.3) is 16.8 Å². The Morgan fingerprint density at radius 3 is 2.08 bits per heavy atom. The van der Waals surface area contributed by atoms with Gasteiger partial charge in [-0.05, 0) is 48.9 Å². The standard InChI is InChI=1S/C27H24FN3O5/c1-16-24(32)23(17-8-6-5-7-9-17)26(31(30-16)20-12-10-19(28)11-13-20)29-27(33)18-14-21(34-2)25(36-4)22(15-18)35-3/h5-15H,1-4H3,(H,29,33). The highest BCUT2D eigenvalue weighted by molar-refractivity contribution is 6.06. The minimum atomic E-state index is -0.549. The number of hydrogen-bond acceptors (Lipinski definition) is 6. The molecule has 0 spiro atoms. The lowest BCUT2D eigenvalue weighted by atomic mass is 10.0. The summed E-state index contributed by atoms with van der Waals surface area (Å²) in [5.41, 5.74) is 1.35. The van der Waals surface area contributed by atoms with Gasteiger partial charge >= 0.3 is 0 Å². The Morgan fingerprint density at radius 1 is 0.917 bits per heavy atom. The first-order valence-corrected chi connectivity index (χ1v) is 10.9. The van der Waals surface area contributed by atoms with Gasteiger partial charge in [-0.25, -0.2) is 9.07 Å². The zero-order valence-electron chi connectivity index (χ0n) is 20.2. The minimum Gasteiger partial charge on any atom is -0.493 e. The van der Waals surface area contributed by atoms with Crippen LogP contribution in [0.15, 0.2) is 71.5 Å². The highest BCUT2D eigenvalue weighted by atomic mass is 19.1. The molecule has 0 saturated carbocycles. The second-order valence-corrected chi connectivity index (χ2v) is 7.76. The zero-order chi connectivity index (χ0) is 25.8. The molecule has 9 heteroatoms. The summed E-state index contributed by atoms with van der Waals surface area (Å²) in [6, 6.07) is 17.5. The Kier molecular flexibility index (Phi) is 7.00. The molecule has 0 aliphatic rings. The number of aryl methyl sites for hydroxylation is 1. The predicted molar refractivity (Wildman–Crippen MR) is 134 cm³/mol. The third-order valence-corrected chi connectivity index (χ3v) is 5.55.